The zero-order valence-corrected chi connectivity index (χ0v) is 15.3. The molecule has 142 valence electrons. The minimum absolute atomic E-state index is 0.0449. The maximum absolute atomic E-state index is 12.1. The smallest absolute Gasteiger partial charge is 0.331 e. The standard InChI is InChI=1S/C19H14N2O6S/c22-18(6-5-17-20-15-3-1-2-4-16(15)28-17)26-10-13-8-14(21(23)24)7-12-9-25-11-27-19(12)13/h1-8H,9-11H2/b6-5+. The minimum atomic E-state index is -0.577. The van der Waals surface area contributed by atoms with Gasteiger partial charge in [-0.1, -0.05) is 12.1 Å². The number of nitrogens with zero attached hydrogens (tertiary/aromatic N) is 2. The molecule has 8 nitrogen and oxygen atoms in total. The number of nitro benzene ring substituents is 1. The number of carbonyl (C=O) groups is 1. The molecule has 0 N–H and O–H groups in total. The molecule has 0 bridgehead atoms. The molecule has 1 aromatic heterocycles. The summed E-state index contributed by atoms with van der Waals surface area (Å²) in [6, 6.07) is 10.4. The first-order chi connectivity index (χ1) is 13.6. The van der Waals surface area contributed by atoms with Crippen LogP contribution < -0.4 is 4.74 Å². The number of fused-ring (bicyclic) bond motifs is 2. The van der Waals surface area contributed by atoms with Crippen molar-refractivity contribution in [2.75, 3.05) is 6.79 Å². The van der Waals surface area contributed by atoms with E-state index in [2.05, 4.69) is 4.98 Å². The minimum Gasteiger partial charge on any atom is -0.467 e. The van der Waals surface area contributed by atoms with Gasteiger partial charge < -0.3 is 14.2 Å². The molecule has 1 aliphatic rings. The van der Waals surface area contributed by atoms with Gasteiger partial charge in [0.15, 0.2) is 6.79 Å². The van der Waals surface area contributed by atoms with Crippen LogP contribution in [0, 0.1) is 10.1 Å². The maximum Gasteiger partial charge on any atom is 0.331 e. The van der Waals surface area contributed by atoms with E-state index in [1.807, 2.05) is 24.3 Å². The average Bonchev–Trinajstić information content (AvgIpc) is 3.13. The molecule has 0 unspecified atom stereocenters. The van der Waals surface area contributed by atoms with Crippen LogP contribution in [0.4, 0.5) is 5.69 Å². The van der Waals surface area contributed by atoms with E-state index in [0.717, 1.165) is 10.2 Å². The molecule has 1 aliphatic heterocycles. The van der Waals surface area contributed by atoms with Crippen LogP contribution in [0.25, 0.3) is 16.3 Å². The molecule has 0 spiro atoms. The van der Waals surface area contributed by atoms with E-state index in [4.69, 9.17) is 14.2 Å². The Morgan fingerprint density at radius 2 is 2.21 bits per heavy atom. The number of para-hydroxylation sites is 1. The SMILES string of the molecule is O=C(/C=C/c1nc2ccccc2s1)OCc1cc([N+](=O)[O-])cc2c1OCOC2. The van der Waals surface area contributed by atoms with Crippen molar-refractivity contribution in [1.29, 1.82) is 0 Å². The van der Waals surface area contributed by atoms with Gasteiger partial charge in [0, 0.05) is 29.3 Å². The third kappa shape index (κ3) is 3.85. The highest BCUT2D eigenvalue weighted by molar-refractivity contribution is 7.19. The van der Waals surface area contributed by atoms with Gasteiger partial charge in [-0.05, 0) is 18.2 Å². The van der Waals surface area contributed by atoms with Gasteiger partial charge in [0.2, 0.25) is 0 Å². The van der Waals surface area contributed by atoms with Crippen molar-refractivity contribution in [2.24, 2.45) is 0 Å². The lowest BCUT2D eigenvalue weighted by Crippen LogP contribution is -2.14. The fourth-order valence-electron chi connectivity index (χ4n) is 2.79. The molecular formula is C19H14N2O6S. The second-order valence-electron chi connectivity index (χ2n) is 5.92. The monoisotopic (exact) mass is 398 g/mol. The predicted molar refractivity (Wildman–Crippen MR) is 102 cm³/mol. The van der Waals surface area contributed by atoms with Crippen LogP contribution in [0.5, 0.6) is 5.75 Å². The number of carbonyl (C=O) groups excluding carboxylic acids is 1. The van der Waals surface area contributed by atoms with Crippen LogP contribution in [0.3, 0.4) is 0 Å². The molecule has 2 heterocycles. The van der Waals surface area contributed by atoms with Crippen molar-refractivity contribution in [3.05, 3.63) is 68.7 Å². The van der Waals surface area contributed by atoms with Crippen LogP contribution in [-0.2, 0) is 27.5 Å². The van der Waals surface area contributed by atoms with Gasteiger partial charge in [-0.15, -0.1) is 11.3 Å². The van der Waals surface area contributed by atoms with Gasteiger partial charge in [-0.2, -0.15) is 0 Å². The lowest BCUT2D eigenvalue weighted by Gasteiger charge is -2.20. The Labute approximate surface area is 163 Å². The first-order valence-electron chi connectivity index (χ1n) is 8.31. The summed E-state index contributed by atoms with van der Waals surface area (Å²) < 4.78 is 16.8. The molecule has 0 amide bonds. The highest BCUT2D eigenvalue weighted by Crippen LogP contribution is 2.33. The van der Waals surface area contributed by atoms with Crippen LogP contribution >= 0.6 is 11.3 Å². The third-order valence-corrected chi connectivity index (χ3v) is 5.03. The van der Waals surface area contributed by atoms with Crippen molar-refractivity contribution in [2.45, 2.75) is 13.2 Å². The summed E-state index contributed by atoms with van der Waals surface area (Å²) in [7, 11) is 0. The summed E-state index contributed by atoms with van der Waals surface area (Å²) in [5, 5.41) is 11.8. The van der Waals surface area contributed by atoms with Gasteiger partial charge in [-0.25, -0.2) is 9.78 Å². The molecule has 0 aliphatic carbocycles. The van der Waals surface area contributed by atoms with E-state index in [0.29, 0.717) is 21.9 Å². The number of benzene rings is 2. The molecule has 28 heavy (non-hydrogen) atoms. The fraction of sp³-hybridized carbons (Fsp3) is 0.158. The topological polar surface area (TPSA) is 101 Å². The molecule has 9 heteroatoms. The molecule has 0 saturated heterocycles. The number of non-ortho nitro benzene ring substituents is 1. The van der Waals surface area contributed by atoms with E-state index >= 15 is 0 Å². The summed E-state index contributed by atoms with van der Waals surface area (Å²) in [5.74, 6) is -0.119. The lowest BCUT2D eigenvalue weighted by atomic mass is 10.1. The number of nitro groups is 1. The second-order valence-corrected chi connectivity index (χ2v) is 6.98. The third-order valence-electron chi connectivity index (χ3n) is 4.02. The molecule has 0 fully saturated rings. The van der Waals surface area contributed by atoms with Gasteiger partial charge >= 0.3 is 5.97 Å². The number of hydrogen-bond donors (Lipinski definition) is 0. The van der Waals surface area contributed by atoms with Crippen molar-refractivity contribution < 1.29 is 23.9 Å². The van der Waals surface area contributed by atoms with Crippen LogP contribution in [0.15, 0.2) is 42.5 Å². The van der Waals surface area contributed by atoms with Crippen LogP contribution in [0.2, 0.25) is 0 Å². The number of aromatic nitrogens is 1. The molecule has 2 aromatic carbocycles. The van der Waals surface area contributed by atoms with E-state index < -0.39 is 10.9 Å². The van der Waals surface area contributed by atoms with Crippen LogP contribution in [0.1, 0.15) is 16.1 Å². The fourth-order valence-corrected chi connectivity index (χ4v) is 3.66. The normalized spacial score (nSPS) is 13.3. The zero-order valence-electron chi connectivity index (χ0n) is 14.5. The Hall–Kier alpha value is -3.30. The molecule has 4 rings (SSSR count). The number of rotatable bonds is 5. The van der Waals surface area contributed by atoms with Gasteiger partial charge in [-0.3, -0.25) is 10.1 Å². The molecule has 0 saturated carbocycles. The second kappa shape index (κ2) is 7.75. The highest BCUT2D eigenvalue weighted by Gasteiger charge is 2.21. The summed E-state index contributed by atoms with van der Waals surface area (Å²) >= 11 is 1.46. The Balaban J connectivity index is 1.47. The van der Waals surface area contributed by atoms with Gasteiger partial charge in [0.1, 0.15) is 17.4 Å². The Kier molecular flexibility index (Phi) is 5.00. The quantitative estimate of drug-likeness (QED) is 0.279. The largest absolute Gasteiger partial charge is 0.467 e. The van der Waals surface area contributed by atoms with E-state index in [1.165, 1.54) is 29.5 Å². The number of esters is 1. The van der Waals surface area contributed by atoms with Gasteiger partial charge in [0.05, 0.1) is 21.7 Å². The number of ether oxygens (including phenoxy) is 3. The molecule has 0 atom stereocenters. The number of thiazole rings is 1. The summed E-state index contributed by atoms with van der Waals surface area (Å²) in [6.45, 7) is 0.103. The van der Waals surface area contributed by atoms with Crippen LogP contribution in [-0.4, -0.2) is 22.7 Å². The first-order valence-corrected chi connectivity index (χ1v) is 9.13. The Bertz CT molecular complexity index is 1060. The Morgan fingerprint density at radius 1 is 1.36 bits per heavy atom. The molecular weight excluding hydrogens is 384 g/mol. The zero-order chi connectivity index (χ0) is 19.5. The molecule has 0 radical (unpaired) electrons. The number of hydrogen-bond acceptors (Lipinski definition) is 8. The summed E-state index contributed by atoms with van der Waals surface area (Å²) in [4.78, 5) is 27.1. The average molecular weight is 398 g/mol. The summed E-state index contributed by atoms with van der Waals surface area (Å²) in [6.07, 6.45) is 2.87. The van der Waals surface area contributed by atoms with Crippen molar-refractivity contribution in [3.8, 4) is 5.75 Å². The van der Waals surface area contributed by atoms with Gasteiger partial charge in [0.25, 0.3) is 5.69 Å². The maximum atomic E-state index is 12.1. The van der Waals surface area contributed by atoms with Crippen molar-refractivity contribution in [1.82, 2.24) is 4.98 Å². The summed E-state index contributed by atoms with van der Waals surface area (Å²) in [5.41, 5.74) is 1.73. The molecule has 3 aromatic rings. The Morgan fingerprint density at radius 3 is 3.04 bits per heavy atom. The van der Waals surface area contributed by atoms with Crippen molar-refractivity contribution in [3.63, 3.8) is 0 Å². The lowest BCUT2D eigenvalue weighted by molar-refractivity contribution is -0.385. The van der Waals surface area contributed by atoms with E-state index in [1.54, 1.807) is 6.08 Å². The van der Waals surface area contributed by atoms with Crippen molar-refractivity contribution >= 4 is 39.3 Å². The predicted octanol–water partition coefficient (Wildman–Crippen LogP) is 3.83. The van der Waals surface area contributed by atoms with E-state index in [9.17, 15) is 14.9 Å². The highest BCUT2D eigenvalue weighted by atomic mass is 32.1. The van der Waals surface area contributed by atoms with E-state index in [-0.39, 0.29) is 25.7 Å². The first kappa shape index (κ1) is 18.1.